The van der Waals surface area contributed by atoms with Crippen molar-refractivity contribution >= 4 is 11.6 Å². The lowest BCUT2D eigenvalue weighted by molar-refractivity contribution is 0.269. The molecule has 0 radical (unpaired) electrons. The molecule has 1 heterocycles. The summed E-state index contributed by atoms with van der Waals surface area (Å²) in [6.07, 6.45) is 2.37. The van der Waals surface area contributed by atoms with E-state index in [1.54, 1.807) is 0 Å². The molecule has 1 fully saturated rings. The quantitative estimate of drug-likeness (QED) is 0.805. The van der Waals surface area contributed by atoms with Gasteiger partial charge in [0, 0.05) is 11.6 Å². The van der Waals surface area contributed by atoms with Gasteiger partial charge in [0.05, 0.1) is 5.54 Å². The van der Waals surface area contributed by atoms with Crippen LogP contribution in [0.3, 0.4) is 0 Å². The summed E-state index contributed by atoms with van der Waals surface area (Å²) < 4.78 is 0. The van der Waals surface area contributed by atoms with Crippen molar-refractivity contribution < 1.29 is 0 Å². The van der Waals surface area contributed by atoms with Gasteiger partial charge in [-0.3, -0.25) is 0 Å². The number of likely N-dealkylation sites (N-methyl/N-ethyl adjacent to an activating group) is 1. The smallest absolute Gasteiger partial charge is 0.0559 e. The van der Waals surface area contributed by atoms with Gasteiger partial charge in [-0.2, -0.15) is 0 Å². The van der Waals surface area contributed by atoms with Crippen LogP contribution < -0.4 is 10.6 Å². The van der Waals surface area contributed by atoms with Crippen LogP contribution in [0.25, 0.3) is 0 Å². The molecule has 1 unspecified atom stereocenters. The molecule has 2 nitrogen and oxygen atoms in total. The Balaban J connectivity index is 2.32. The first-order valence-electron chi connectivity index (χ1n) is 5.42. The van der Waals surface area contributed by atoms with E-state index in [2.05, 4.69) is 22.8 Å². The van der Waals surface area contributed by atoms with Crippen molar-refractivity contribution in [3.8, 4) is 0 Å². The molecular weight excluding hydrogens is 208 g/mol. The van der Waals surface area contributed by atoms with Crippen LogP contribution in [0.5, 0.6) is 0 Å². The van der Waals surface area contributed by atoms with Crippen molar-refractivity contribution in [3.05, 3.63) is 34.9 Å². The van der Waals surface area contributed by atoms with Crippen LogP contribution in [0.15, 0.2) is 24.3 Å². The minimum absolute atomic E-state index is 0.0587. The van der Waals surface area contributed by atoms with E-state index in [0.717, 1.165) is 24.5 Å². The molecule has 1 aromatic rings. The van der Waals surface area contributed by atoms with Gasteiger partial charge in [-0.05, 0) is 44.1 Å². The molecule has 0 aliphatic carbocycles. The van der Waals surface area contributed by atoms with Gasteiger partial charge in [0.2, 0.25) is 0 Å². The maximum absolute atomic E-state index is 6.03. The summed E-state index contributed by atoms with van der Waals surface area (Å²) in [6, 6.07) is 8.15. The van der Waals surface area contributed by atoms with Crippen LogP contribution in [0.4, 0.5) is 0 Å². The third-order valence-electron chi connectivity index (χ3n) is 3.24. The number of hydrogen-bond acceptors (Lipinski definition) is 2. The maximum Gasteiger partial charge on any atom is 0.0559 e. The van der Waals surface area contributed by atoms with Crippen molar-refractivity contribution in [1.29, 1.82) is 0 Å². The lowest BCUT2D eigenvalue weighted by Crippen LogP contribution is -2.51. The molecule has 0 amide bonds. The number of benzene rings is 1. The van der Waals surface area contributed by atoms with Crippen LogP contribution in [0, 0.1) is 0 Å². The highest BCUT2D eigenvalue weighted by atomic mass is 35.5. The molecule has 2 N–H and O–H groups in total. The zero-order valence-electron chi connectivity index (χ0n) is 9.02. The first kappa shape index (κ1) is 10.9. The first-order valence-corrected chi connectivity index (χ1v) is 5.80. The van der Waals surface area contributed by atoms with Gasteiger partial charge in [-0.1, -0.05) is 23.7 Å². The Morgan fingerprint density at radius 3 is 2.93 bits per heavy atom. The predicted molar refractivity (Wildman–Crippen MR) is 64.3 cm³/mol. The van der Waals surface area contributed by atoms with Gasteiger partial charge in [-0.25, -0.2) is 0 Å². The normalized spacial score (nSPS) is 26.5. The second kappa shape index (κ2) is 4.52. The number of hydrogen-bond donors (Lipinski definition) is 2. The summed E-state index contributed by atoms with van der Waals surface area (Å²) in [5, 5.41) is 7.69. The van der Waals surface area contributed by atoms with Gasteiger partial charge in [0.25, 0.3) is 0 Å². The van der Waals surface area contributed by atoms with Crippen LogP contribution in [-0.2, 0) is 5.54 Å². The molecular formula is C12H17ClN2. The zero-order valence-corrected chi connectivity index (χ0v) is 9.77. The van der Waals surface area contributed by atoms with E-state index >= 15 is 0 Å². The molecule has 1 saturated heterocycles. The largest absolute Gasteiger partial charge is 0.315 e. The third kappa shape index (κ3) is 2.17. The Hall–Kier alpha value is -0.570. The fourth-order valence-electron chi connectivity index (χ4n) is 2.30. The van der Waals surface area contributed by atoms with E-state index in [-0.39, 0.29) is 5.54 Å². The predicted octanol–water partition coefficient (Wildman–Crippen LogP) is 2.14. The standard InChI is InChI=1S/C12H17ClN2/c1-14-12(6-3-7-15-9-12)10-4-2-5-11(13)8-10/h2,4-5,8,14-15H,3,6-7,9H2,1H3. The van der Waals surface area contributed by atoms with E-state index < -0.39 is 0 Å². The van der Waals surface area contributed by atoms with Crippen molar-refractivity contribution in [1.82, 2.24) is 10.6 Å². The van der Waals surface area contributed by atoms with Gasteiger partial charge in [0.15, 0.2) is 0 Å². The van der Waals surface area contributed by atoms with Gasteiger partial charge >= 0.3 is 0 Å². The lowest BCUT2D eigenvalue weighted by Gasteiger charge is -2.38. The van der Waals surface area contributed by atoms with E-state index in [1.165, 1.54) is 12.0 Å². The molecule has 82 valence electrons. The first-order chi connectivity index (χ1) is 7.27. The Labute approximate surface area is 96.0 Å². The minimum Gasteiger partial charge on any atom is -0.315 e. The van der Waals surface area contributed by atoms with Crippen LogP contribution >= 0.6 is 11.6 Å². The monoisotopic (exact) mass is 224 g/mol. The Morgan fingerprint density at radius 2 is 2.33 bits per heavy atom. The molecule has 1 aliphatic rings. The summed E-state index contributed by atoms with van der Waals surface area (Å²) in [4.78, 5) is 0. The molecule has 2 rings (SSSR count). The summed E-state index contributed by atoms with van der Waals surface area (Å²) >= 11 is 6.03. The van der Waals surface area contributed by atoms with Crippen molar-refractivity contribution in [2.75, 3.05) is 20.1 Å². The van der Waals surface area contributed by atoms with Gasteiger partial charge < -0.3 is 10.6 Å². The van der Waals surface area contributed by atoms with E-state index in [0.29, 0.717) is 0 Å². The average Bonchev–Trinajstić information content (AvgIpc) is 2.30. The highest BCUT2D eigenvalue weighted by molar-refractivity contribution is 6.30. The average molecular weight is 225 g/mol. The molecule has 0 saturated carbocycles. The maximum atomic E-state index is 6.03. The lowest BCUT2D eigenvalue weighted by atomic mass is 9.83. The van der Waals surface area contributed by atoms with E-state index in [9.17, 15) is 0 Å². The Kier molecular flexibility index (Phi) is 3.29. The fourth-order valence-corrected chi connectivity index (χ4v) is 2.49. The Morgan fingerprint density at radius 1 is 1.47 bits per heavy atom. The summed E-state index contributed by atoms with van der Waals surface area (Å²) in [7, 11) is 2.02. The molecule has 0 aromatic heterocycles. The highest BCUT2D eigenvalue weighted by Gasteiger charge is 2.31. The van der Waals surface area contributed by atoms with Crippen LogP contribution in [0.2, 0.25) is 5.02 Å². The zero-order chi connectivity index (χ0) is 10.7. The number of piperidine rings is 1. The summed E-state index contributed by atoms with van der Waals surface area (Å²) in [6.45, 7) is 2.09. The summed E-state index contributed by atoms with van der Waals surface area (Å²) in [5.41, 5.74) is 1.34. The van der Waals surface area contributed by atoms with Crippen molar-refractivity contribution in [2.45, 2.75) is 18.4 Å². The Bertz CT molecular complexity index is 332. The topological polar surface area (TPSA) is 24.1 Å². The van der Waals surface area contributed by atoms with Crippen molar-refractivity contribution in [2.24, 2.45) is 0 Å². The SMILES string of the molecule is CNC1(c2cccc(Cl)c2)CCCNC1. The highest BCUT2D eigenvalue weighted by Crippen LogP contribution is 2.29. The van der Waals surface area contributed by atoms with Crippen molar-refractivity contribution in [3.63, 3.8) is 0 Å². The molecule has 15 heavy (non-hydrogen) atoms. The molecule has 3 heteroatoms. The van der Waals surface area contributed by atoms with Crippen LogP contribution in [0.1, 0.15) is 18.4 Å². The van der Waals surface area contributed by atoms with E-state index in [4.69, 9.17) is 11.6 Å². The molecule has 0 bridgehead atoms. The second-order valence-electron chi connectivity index (χ2n) is 4.12. The van der Waals surface area contributed by atoms with Gasteiger partial charge in [0.1, 0.15) is 0 Å². The molecule has 1 aliphatic heterocycles. The number of nitrogens with one attached hydrogen (secondary N) is 2. The molecule has 1 aromatic carbocycles. The molecule has 0 spiro atoms. The number of halogens is 1. The van der Waals surface area contributed by atoms with E-state index in [1.807, 2.05) is 19.2 Å². The third-order valence-corrected chi connectivity index (χ3v) is 3.47. The molecule has 1 atom stereocenters. The second-order valence-corrected chi connectivity index (χ2v) is 4.56. The summed E-state index contributed by atoms with van der Waals surface area (Å²) in [5.74, 6) is 0. The van der Waals surface area contributed by atoms with Crippen LogP contribution in [-0.4, -0.2) is 20.1 Å². The minimum atomic E-state index is 0.0587. The van der Waals surface area contributed by atoms with Gasteiger partial charge in [-0.15, -0.1) is 0 Å². The number of rotatable bonds is 2. The fraction of sp³-hybridized carbons (Fsp3) is 0.500.